The van der Waals surface area contributed by atoms with Crippen LogP contribution in [0.5, 0.6) is 0 Å². The molecule has 60 valence electrons. The van der Waals surface area contributed by atoms with Gasteiger partial charge in [-0.2, -0.15) is 0 Å². The van der Waals surface area contributed by atoms with Crippen molar-refractivity contribution in [2.24, 2.45) is 5.92 Å². The zero-order chi connectivity index (χ0) is 8.59. The minimum absolute atomic E-state index is 0.0920. The highest BCUT2D eigenvalue weighted by Gasteiger charge is 2.28. The molecule has 1 rings (SSSR count). The van der Waals surface area contributed by atoms with Gasteiger partial charge in [0.2, 0.25) is 5.91 Å². The molecule has 0 saturated carbocycles. The molecule has 0 saturated heterocycles. The lowest BCUT2D eigenvalue weighted by Crippen LogP contribution is -2.38. The van der Waals surface area contributed by atoms with E-state index in [2.05, 4.69) is 0 Å². The minimum atomic E-state index is -0.497. The first-order valence-corrected chi connectivity index (χ1v) is 3.53. The van der Waals surface area contributed by atoms with Crippen molar-refractivity contribution >= 4 is 11.7 Å². The number of hydrogen-bond acceptors (Lipinski definition) is 2. The summed E-state index contributed by atoms with van der Waals surface area (Å²) in [5.41, 5.74) is 0.720. The predicted molar refractivity (Wildman–Crippen MR) is 40.7 cm³/mol. The SMILES string of the molecule is CC1=CC(=O)C(C)C(=O)N1C. The Hall–Kier alpha value is -1.12. The molecule has 0 fully saturated rings. The van der Waals surface area contributed by atoms with Gasteiger partial charge in [0, 0.05) is 18.8 Å². The second-order valence-electron chi connectivity index (χ2n) is 2.81. The molecule has 1 aliphatic heterocycles. The number of amides is 1. The van der Waals surface area contributed by atoms with Crippen LogP contribution in [0.15, 0.2) is 11.8 Å². The first kappa shape index (κ1) is 7.98. The van der Waals surface area contributed by atoms with Crippen LogP contribution in [0.25, 0.3) is 0 Å². The zero-order valence-electron chi connectivity index (χ0n) is 6.92. The first-order chi connectivity index (χ1) is 5.04. The van der Waals surface area contributed by atoms with Crippen molar-refractivity contribution in [1.29, 1.82) is 0 Å². The van der Waals surface area contributed by atoms with Crippen LogP contribution >= 0.6 is 0 Å². The van der Waals surface area contributed by atoms with E-state index in [1.165, 1.54) is 11.0 Å². The van der Waals surface area contributed by atoms with E-state index in [9.17, 15) is 9.59 Å². The van der Waals surface area contributed by atoms with Crippen LogP contribution in [0, 0.1) is 5.92 Å². The molecule has 1 atom stereocenters. The van der Waals surface area contributed by atoms with E-state index in [1.807, 2.05) is 0 Å². The predicted octanol–water partition coefficient (Wildman–Crippen LogP) is 0.567. The Morgan fingerprint density at radius 2 is 2.00 bits per heavy atom. The van der Waals surface area contributed by atoms with Crippen LogP contribution in [0.1, 0.15) is 13.8 Å². The average Bonchev–Trinajstić information content (AvgIpc) is 1.97. The molecule has 0 N–H and O–H groups in total. The third kappa shape index (κ3) is 1.18. The van der Waals surface area contributed by atoms with E-state index in [-0.39, 0.29) is 11.7 Å². The van der Waals surface area contributed by atoms with Gasteiger partial charge in [0.1, 0.15) is 0 Å². The summed E-state index contributed by atoms with van der Waals surface area (Å²) in [4.78, 5) is 23.8. The second-order valence-corrected chi connectivity index (χ2v) is 2.81. The lowest BCUT2D eigenvalue weighted by atomic mass is 10.0. The molecule has 0 aromatic carbocycles. The molecule has 1 unspecified atom stereocenters. The molecule has 0 aromatic heterocycles. The monoisotopic (exact) mass is 153 g/mol. The highest BCUT2D eigenvalue weighted by molar-refractivity contribution is 6.09. The van der Waals surface area contributed by atoms with Crippen LogP contribution in [0.2, 0.25) is 0 Å². The van der Waals surface area contributed by atoms with Crippen molar-refractivity contribution in [3.8, 4) is 0 Å². The average molecular weight is 153 g/mol. The Bertz CT molecular complexity index is 242. The van der Waals surface area contributed by atoms with Gasteiger partial charge in [-0.25, -0.2) is 0 Å². The van der Waals surface area contributed by atoms with E-state index in [1.54, 1.807) is 20.9 Å². The number of carbonyl (C=O) groups is 2. The van der Waals surface area contributed by atoms with E-state index < -0.39 is 5.92 Å². The number of carbonyl (C=O) groups excluding carboxylic acids is 2. The quantitative estimate of drug-likeness (QED) is 0.477. The number of ketones is 1. The van der Waals surface area contributed by atoms with Gasteiger partial charge in [-0.1, -0.05) is 0 Å². The fraction of sp³-hybridized carbons (Fsp3) is 0.500. The normalized spacial score (nSPS) is 25.5. The van der Waals surface area contributed by atoms with Gasteiger partial charge in [0.15, 0.2) is 5.78 Å². The van der Waals surface area contributed by atoms with Crippen molar-refractivity contribution in [2.45, 2.75) is 13.8 Å². The molecule has 11 heavy (non-hydrogen) atoms. The van der Waals surface area contributed by atoms with E-state index in [4.69, 9.17) is 0 Å². The highest BCUT2D eigenvalue weighted by Crippen LogP contribution is 2.15. The summed E-state index contributed by atoms with van der Waals surface area (Å²) in [5, 5.41) is 0. The number of nitrogens with zero attached hydrogens (tertiary/aromatic N) is 1. The summed E-state index contributed by atoms with van der Waals surface area (Å²) < 4.78 is 0. The molecule has 0 aromatic rings. The largest absolute Gasteiger partial charge is 0.319 e. The molecular formula is C8H11NO2. The molecular weight excluding hydrogens is 142 g/mol. The molecule has 1 aliphatic rings. The summed E-state index contributed by atoms with van der Waals surface area (Å²) >= 11 is 0. The molecule has 1 heterocycles. The number of hydrogen-bond donors (Lipinski definition) is 0. The summed E-state index contributed by atoms with van der Waals surface area (Å²) in [6.07, 6.45) is 1.51. The van der Waals surface area contributed by atoms with E-state index in [0.717, 1.165) is 5.70 Å². The third-order valence-corrected chi connectivity index (χ3v) is 2.01. The minimum Gasteiger partial charge on any atom is -0.319 e. The van der Waals surface area contributed by atoms with Gasteiger partial charge in [0.25, 0.3) is 0 Å². The fourth-order valence-corrected chi connectivity index (χ4v) is 1.01. The topological polar surface area (TPSA) is 37.4 Å². The smallest absolute Gasteiger partial charge is 0.237 e. The molecule has 0 radical (unpaired) electrons. The van der Waals surface area contributed by atoms with Gasteiger partial charge < -0.3 is 4.90 Å². The van der Waals surface area contributed by atoms with Crippen LogP contribution < -0.4 is 0 Å². The standard InChI is InChI=1S/C8H11NO2/c1-5-4-7(10)6(2)8(11)9(5)3/h4,6H,1-3H3. The highest BCUT2D eigenvalue weighted by atomic mass is 16.2. The van der Waals surface area contributed by atoms with Crippen LogP contribution in [0.4, 0.5) is 0 Å². The fourth-order valence-electron chi connectivity index (χ4n) is 1.01. The third-order valence-electron chi connectivity index (χ3n) is 2.01. The molecule has 0 bridgehead atoms. The summed E-state index contributed by atoms with van der Waals surface area (Å²) in [6, 6.07) is 0. The molecule has 1 amide bonds. The lowest BCUT2D eigenvalue weighted by molar-refractivity contribution is -0.138. The van der Waals surface area contributed by atoms with Crippen molar-refractivity contribution in [1.82, 2.24) is 4.90 Å². The van der Waals surface area contributed by atoms with Crippen LogP contribution in [0.3, 0.4) is 0 Å². The number of rotatable bonds is 0. The van der Waals surface area contributed by atoms with Gasteiger partial charge in [-0.05, 0) is 13.8 Å². The Labute approximate surface area is 65.7 Å². The summed E-state index contributed by atoms with van der Waals surface area (Å²) in [7, 11) is 1.68. The Kier molecular flexibility index (Phi) is 1.81. The van der Waals surface area contributed by atoms with Gasteiger partial charge in [0.05, 0.1) is 5.92 Å². The molecule has 0 spiro atoms. The molecule has 0 aliphatic carbocycles. The maximum absolute atomic E-state index is 11.2. The van der Waals surface area contributed by atoms with Gasteiger partial charge in [-0.15, -0.1) is 0 Å². The van der Waals surface area contributed by atoms with Gasteiger partial charge >= 0.3 is 0 Å². The van der Waals surface area contributed by atoms with Crippen molar-refractivity contribution < 1.29 is 9.59 Å². The summed E-state index contributed by atoms with van der Waals surface area (Å²) in [6.45, 7) is 3.38. The Balaban J connectivity index is 3.01. The Morgan fingerprint density at radius 1 is 1.45 bits per heavy atom. The van der Waals surface area contributed by atoms with Crippen LogP contribution in [-0.2, 0) is 9.59 Å². The maximum Gasteiger partial charge on any atom is 0.237 e. The van der Waals surface area contributed by atoms with Crippen LogP contribution in [-0.4, -0.2) is 23.6 Å². The second kappa shape index (κ2) is 2.49. The van der Waals surface area contributed by atoms with E-state index >= 15 is 0 Å². The molecule has 3 nitrogen and oxygen atoms in total. The zero-order valence-corrected chi connectivity index (χ0v) is 6.92. The first-order valence-electron chi connectivity index (χ1n) is 3.53. The maximum atomic E-state index is 11.2. The molecule has 3 heteroatoms. The Morgan fingerprint density at radius 3 is 2.55 bits per heavy atom. The summed E-state index contributed by atoms with van der Waals surface area (Å²) in [5.74, 6) is -0.704. The number of allylic oxidation sites excluding steroid dienone is 2. The van der Waals surface area contributed by atoms with Crippen molar-refractivity contribution in [2.75, 3.05) is 7.05 Å². The van der Waals surface area contributed by atoms with E-state index in [0.29, 0.717) is 0 Å². The lowest BCUT2D eigenvalue weighted by Gasteiger charge is -2.24. The van der Waals surface area contributed by atoms with Crippen molar-refractivity contribution in [3.05, 3.63) is 11.8 Å². The van der Waals surface area contributed by atoms with Crippen molar-refractivity contribution in [3.63, 3.8) is 0 Å². The van der Waals surface area contributed by atoms with Gasteiger partial charge in [-0.3, -0.25) is 9.59 Å².